The van der Waals surface area contributed by atoms with Crippen molar-refractivity contribution in [1.29, 1.82) is 0 Å². The summed E-state index contributed by atoms with van der Waals surface area (Å²) in [6.45, 7) is 0. The Hall–Kier alpha value is -2.44. The van der Waals surface area contributed by atoms with Crippen molar-refractivity contribution in [2.24, 2.45) is 0 Å². The lowest BCUT2D eigenvalue weighted by atomic mass is 10.2. The summed E-state index contributed by atoms with van der Waals surface area (Å²) < 4.78 is 4.41. The largest absolute Gasteiger partial charge is 0.469 e. The van der Waals surface area contributed by atoms with Gasteiger partial charge in [0.2, 0.25) is 0 Å². The molecule has 1 rings (SSSR count). The Kier molecular flexibility index (Phi) is 4.15. The van der Waals surface area contributed by atoms with Crippen molar-refractivity contribution >= 4 is 17.7 Å². The van der Waals surface area contributed by atoms with E-state index in [0.717, 1.165) is 6.07 Å². The normalized spacial score (nSPS) is 10.4. The molecule has 0 unspecified atom stereocenters. The molecule has 0 atom stereocenters. The summed E-state index contributed by atoms with van der Waals surface area (Å²) in [5.74, 6) is -0.417. The van der Waals surface area contributed by atoms with Crippen LogP contribution in [0.1, 0.15) is 12.0 Å². The average Bonchev–Trinajstić information content (AvgIpc) is 2.30. The average molecular weight is 238 g/mol. The van der Waals surface area contributed by atoms with Crippen LogP contribution in [0.25, 0.3) is 6.08 Å². The van der Waals surface area contributed by atoms with Crippen molar-refractivity contribution in [3.05, 3.63) is 44.4 Å². The number of hydrogen-bond acceptors (Lipinski definition) is 5. The number of ether oxygens (including phenoxy) is 1. The molecule has 0 aliphatic carbocycles. The highest BCUT2D eigenvalue weighted by atomic mass is 16.6. The Balaban J connectivity index is 2.86. The number of pyridine rings is 1. The van der Waals surface area contributed by atoms with Gasteiger partial charge in [-0.2, -0.15) is 0 Å². The van der Waals surface area contributed by atoms with Gasteiger partial charge >= 0.3 is 17.2 Å². The van der Waals surface area contributed by atoms with E-state index in [2.05, 4.69) is 9.72 Å². The third-order valence-corrected chi connectivity index (χ3v) is 1.93. The van der Waals surface area contributed by atoms with E-state index in [-0.39, 0.29) is 6.42 Å². The highest BCUT2D eigenvalue weighted by molar-refractivity contribution is 5.72. The van der Waals surface area contributed by atoms with Crippen LogP contribution in [0.5, 0.6) is 0 Å². The summed E-state index contributed by atoms with van der Waals surface area (Å²) in [4.78, 5) is 33.8. The highest BCUT2D eigenvalue weighted by Gasteiger charge is 2.11. The first-order valence-electron chi connectivity index (χ1n) is 4.65. The fraction of sp³-hybridized carbons (Fsp3) is 0.200. The predicted molar refractivity (Wildman–Crippen MR) is 59.4 cm³/mol. The van der Waals surface area contributed by atoms with Gasteiger partial charge in [-0.1, -0.05) is 12.2 Å². The van der Waals surface area contributed by atoms with Crippen molar-refractivity contribution in [2.75, 3.05) is 7.11 Å². The van der Waals surface area contributed by atoms with Crippen molar-refractivity contribution in [2.45, 2.75) is 6.42 Å². The summed E-state index contributed by atoms with van der Waals surface area (Å²) in [6, 6.07) is 1.13. The number of carbonyl (C=O) groups excluding carboxylic acids is 1. The van der Waals surface area contributed by atoms with Crippen LogP contribution in [-0.2, 0) is 9.53 Å². The number of nitrogens with zero attached hydrogens (tertiary/aromatic N) is 1. The van der Waals surface area contributed by atoms with Crippen LogP contribution >= 0.6 is 0 Å². The molecule has 0 aliphatic rings. The van der Waals surface area contributed by atoms with E-state index in [1.165, 1.54) is 25.5 Å². The summed E-state index contributed by atoms with van der Waals surface area (Å²) in [5.41, 5.74) is -0.870. The molecule has 0 spiro atoms. The SMILES string of the molecule is COC(=O)CC=Cc1c[nH]c(=O)c([N+](=O)[O-])c1. The zero-order valence-corrected chi connectivity index (χ0v) is 9.00. The number of esters is 1. The maximum Gasteiger partial charge on any atom is 0.334 e. The molecular weight excluding hydrogens is 228 g/mol. The molecule has 0 saturated carbocycles. The number of aromatic amines is 1. The van der Waals surface area contributed by atoms with Crippen LogP contribution in [0.4, 0.5) is 5.69 Å². The predicted octanol–water partition coefficient (Wildman–Crippen LogP) is 0.859. The third kappa shape index (κ3) is 3.56. The molecule has 17 heavy (non-hydrogen) atoms. The van der Waals surface area contributed by atoms with Crippen LogP contribution in [0.3, 0.4) is 0 Å². The van der Waals surface area contributed by atoms with Gasteiger partial charge in [0.1, 0.15) is 0 Å². The molecular formula is C10H10N2O5. The molecule has 90 valence electrons. The number of hydrogen-bond donors (Lipinski definition) is 1. The fourth-order valence-electron chi connectivity index (χ4n) is 1.09. The van der Waals surface area contributed by atoms with E-state index >= 15 is 0 Å². The Morgan fingerprint density at radius 2 is 2.35 bits per heavy atom. The van der Waals surface area contributed by atoms with Gasteiger partial charge in [0.15, 0.2) is 0 Å². The van der Waals surface area contributed by atoms with Gasteiger partial charge in [-0.15, -0.1) is 0 Å². The van der Waals surface area contributed by atoms with Crippen LogP contribution in [-0.4, -0.2) is 23.0 Å². The van der Waals surface area contributed by atoms with E-state index in [9.17, 15) is 19.7 Å². The van der Waals surface area contributed by atoms with Crippen molar-refractivity contribution in [3.63, 3.8) is 0 Å². The van der Waals surface area contributed by atoms with Crippen LogP contribution in [0.15, 0.2) is 23.1 Å². The molecule has 0 amide bonds. The number of carbonyl (C=O) groups is 1. The van der Waals surface area contributed by atoms with Gasteiger partial charge < -0.3 is 9.72 Å². The number of H-pyrrole nitrogens is 1. The number of nitrogens with one attached hydrogen (secondary N) is 1. The van der Waals surface area contributed by atoms with E-state index in [4.69, 9.17) is 0 Å². The minimum Gasteiger partial charge on any atom is -0.469 e. The zero-order chi connectivity index (χ0) is 12.8. The fourth-order valence-corrected chi connectivity index (χ4v) is 1.09. The van der Waals surface area contributed by atoms with Gasteiger partial charge in [0.05, 0.1) is 18.5 Å². The first-order valence-corrected chi connectivity index (χ1v) is 4.65. The van der Waals surface area contributed by atoms with Crippen molar-refractivity contribution < 1.29 is 14.5 Å². The Labute approximate surface area is 95.9 Å². The Bertz CT molecular complexity index is 518. The molecule has 0 saturated heterocycles. The lowest BCUT2D eigenvalue weighted by Crippen LogP contribution is -2.10. The molecule has 0 fully saturated rings. The minimum atomic E-state index is -0.767. The van der Waals surface area contributed by atoms with E-state index in [1.54, 1.807) is 0 Å². The molecule has 0 aliphatic heterocycles. The first kappa shape index (κ1) is 12.6. The first-order chi connectivity index (χ1) is 8.04. The number of methoxy groups -OCH3 is 1. The topological polar surface area (TPSA) is 102 Å². The standard InChI is InChI=1S/C10H10N2O5/c1-17-9(13)4-2-3-7-5-8(12(15)16)10(14)11-6-7/h2-3,5-6H,4H2,1H3,(H,11,14). The van der Waals surface area contributed by atoms with Crippen LogP contribution < -0.4 is 5.56 Å². The van der Waals surface area contributed by atoms with Crippen molar-refractivity contribution in [3.8, 4) is 0 Å². The highest BCUT2D eigenvalue weighted by Crippen LogP contribution is 2.08. The zero-order valence-electron chi connectivity index (χ0n) is 9.00. The van der Waals surface area contributed by atoms with Crippen LogP contribution in [0, 0.1) is 10.1 Å². The Morgan fingerprint density at radius 3 is 2.94 bits per heavy atom. The second-order valence-electron chi connectivity index (χ2n) is 3.09. The van der Waals surface area contributed by atoms with Crippen molar-refractivity contribution in [1.82, 2.24) is 4.98 Å². The maximum atomic E-state index is 11.0. The lowest BCUT2D eigenvalue weighted by Gasteiger charge is -1.94. The summed E-state index contributed by atoms with van der Waals surface area (Å²) in [5, 5.41) is 10.5. The molecule has 1 aromatic rings. The van der Waals surface area contributed by atoms with E-state index < -0.39 is 22.1 Å². The lowest BCUT2D eigenvalue weighted by molar-refractivity contribution is -0.386. The number of rotatable bonds is 4. The van der Waals surface area contributed by atoms with Gasteiger partial charge in [-0.25, -0.2) is 0 Å². The molecule has 1 heterocycles. The maximum absolute atomic E-state index is 11.0. The van der Waals surface area contributed by atoms with Gasteiger partial charge in [-0.3, -0.25) is 19.7 Å². The summed E-state index contributed by atoms with van der Waals surface area (Å²) in [7, 11) is 1.26. The van der Waals surface area contributed by atoms with Gasteiger partial charge in [0.25, 0.3) is 0 Å². The van der Waals surface area contributed by atoms with Crippen LogP contribution in [0.2, 0.25) is 0 Å². The third-order valence-electron chi connectivity index (χ3n) is 1.93. The molecule has 0 bridgehead atoms. The summed E-state index contributed by atoms with van der Waals surface area (Å²) in [6.07, 6.45) is 4.36. The van der Waals surface area contributed by atoms with E-state index in [1.807, 2.05) is 0 Å². The molecule has 0 aromatic carbocycles. The molecule has 0 radical (unpaired) electrons. The monoisotopic (exact) mass is 238 g/mol. The molecule has 1 aromatic heterocycles. The van der Waals surface area contributed by atoms with Gasteiger partial charge in [-0.05, 0) is 5.56 Å². The van der Waals surface area contributed by atoms with Gasteiger partial charge in [0, 0.05) is 12.3 Å². The smallest absolute Gasteiger partial charge is 0.334 e. The summed E-state index contributed by atoms with van der Waals surface area (Å²) >= 11 is 0. The second-order valence-corrected chi connectivity index (χ2v) is 3.09. The van der Waals surface area contributed by atoms with E-state index in [0.29, 0.717) is 5.56 Å². The quantitative estimate of drug-likeness (QED) is 0.476. The molecule has 7 heteroatoms. The Morgan fingerprint density at radius 1 is 1.65 bits per heavy atom. The number of aromatic nitrogens is 1. The molecule has 1 N–H and O–H groups in total. The minimum absolute atomic E-state index is 0.0590. The molecule has 7 nitrogen and oxygen atoms in total. The number of nitro groups is 1. The second kappa shape index (κ2) is 5.59.